The third kappa shape index (κ3) is 6.04. The molecule has 2 rings (SSSR count). The summed E-state index contributed by atoms with van der Waals surface area (Å²) in [5.74, 6) is -0.778. The third-order valence-electron chi connectivity index (χ3n) is 2.45. The van der Waals surface area contributed by atoms with E-state index in [-0.39, 0.29) is 6.42 Å². The van der Waals surface area contributed by atoms with E-state index in [0.717, 1.165) is 37.4 Å². The van der Waals surface area contributed by atoms with Crippen molar-refractivity contribution in [1.82, 2.24) is 5.32 Å². The monoisotopic (exact) mass is 237 g/mol. The van der Waals surface area contributed by atoms with Gasteiger partial charge in [0.1, 0.15) is 0 Å². The van der Waals surface area contributed by atoms with E-state index in [2.05, 4.69) is 5.32 Å². The smallest absolute Gasteiger partial charge is 0.307 e. The third-order valence-corrected chi connectivity index (χ3v) is 2.45. The zero-order chi connectivity index (χ0) is 12.5. The highest BCUT2D eigenvalue weighted by Gasteiger charge is 2.01. The van der Waals surface area contributed by atoms with Gasteiger partial charge in [-0.3, -0.25) is 4.79 Å². The Hall–Kier alpha value is -1.39. The quantitative estimate of drug-likeness (QED) is 0.812. The number of carboxylic acid groups (broad SMARTS) is 1. The molecule has 1 aromatic carbocycles. The van der Waals surface area contributed by atoms with Crippen LogP contribution in [0, 0.1) is 6.92 Å². The molecule has 1 aliphatic heterocycles. The Morgan fingerprint density at radius 2 is 2.00 bits per heavy atom. The first-order valence-electron chi connectivity index (χ1n) is 5.75. The first-order valence-corrected chi connectivity index (χ1v) is 5.75. The van der Waals surface area contributed by atoms with E-state index in [1.165, 1.54) is 0 Å². The van der Waals surface area contributed by atoms with Gasteiger partial charge >= 0.3 is 5.97 Å². The molecule has 0 aromatic heterocycles. The lowest BCUT2D eigenvalue weighted by Gasteiger charge is -2.10. The highest BCUT2D eigenvalue weighted by molar-refractivity contribution is 5.70. The van der Waals surface area contributed by atoms with E-state index in [1.54, 1.807) is 0 Å². The SMILES string of the molecule is C1COCCN1.Cc1ccccc1CC(=O)O. The van der Waals surface area contributed by atoms with Crippen LogP contribution in [0.1, 0.15) is 11.1 Å². The van der Waals surface area contributed by atoms with Gasteiger partial charge in [0.25, 0.3) is 0 Å². The molecule has 0 unspecified atom stereocenters. The Bertz CT molecular complexity index is 337. The van der Waals surface area contributed by atoms with Crippen molar-refractivity contribution in [2.75, 3.05) is 26.3 Å². The fourth-order valence-electron chi connectivity index (χ4n) is 1.49. The fraction of sp³-hybridized carbons (Fsp3) is 0.462. The maximum atomic E-state index is 10.3. The van der Waals surface area contributed by atoms with Crippen molar-refractivity contribution < 1.29 is 14.6 Å². The summed E-state index contributed by atoms with van der Waals surface area (Å²) in [6, 6.07) is 7.51. The predicted molar refractivity (Wildman–Crippen MR) is 66.2 cm³/mol. The van der Waals surface area contributed by atoms with Gasteiger partial charge in [-0.15, -0.1) is 0 Å². The van der Waals surface area contributed by atoms with Crippen LogP contribution in [0.25, 0.3) is 0 Å². The fourth-order valence-corrected chi connectivity index (χ4v) is 1.49. The minimum atomic E-state index is -0.778. The van der Waals surface area contributed by atoms with Crippen molar-refractivity contribution in [2.24, 2.45) is 0 Å². The van der Waals surface area contributed by atoms with Crippen LogP contribution in [0.5, 0.6) is 0 Å². The van der Waals surface area contributed by atoms with E-state index in [1.807, 2.05) is 31.2 Å². The Balaban J connectivity index is 0.000000202. The number of nitrogens with one attached hydrogen (secondary N) is 1. The molecule has 1 aromatic rings. The number of rotatable bonds is 2. The molecule has 2 N–H and O–H groups in total. The summed E-state index contributed by atoms with van der Waals surface area (Å²) in [5.41, 5.74) is 1.93. The molecule has 0 bridgehead atoms. The largest absolute Gasteiger partial charge is 0.481 e. The molecular weight excluding hydrogens is 218 g/mol. The van der Waals surface area contributed by atoms with Crippen LogP contribution in [0.15, 0.2) is 24.3 Å². The zero-order valence-corrected chi connectivity index (χ0v) is 10.1. The van der Waals surface area contributed by atoms with Gasteiger partial charge in [-0.2, -0.15) is 0 Å². The minimum absolute atomic E-state index is 0.118. The lowest BCUT2D eigenvalue weighted by atomic mass is 10.1. The summed E-state index contributed by atoms with van der Waals surface area (Å²) in [5, 5.41) is 11.7. The van der Waals surface area contributed by atoms with Crippen molar-refractivity contribution >= 4 is 5.97 Å². The van der Waals surface area contributed by atoms with Crippen LogP contribution in [-0.2, 0) is 16.0 Å². The molecular formula is C13H19NO3. The Kier molecular flexibility index (Phi) is 6.29. The maximum absolute atomic E-state index is 10.3. The summed E-state index contributed by atoms with van der Waals surface area (Å²) in [4.78, 5) is 10.3. The molecule has 0 atom stereocenters. The van der Waals surface area contributed by atoms with Crippen molar-refractivity contribution in [3.63, 3.8) is 0 Å². The first-order chi connectivity index (χ1) is 8.20. The normalized spacial score (nSPS) is 14.6. The van der Waals surface area contributed by atoms with Crippen LogP contribution < -0.4 is 5.32 Å². The summed E-state index contributed by atoms with van der Waals surface area (Å²) >= 11 is 0. The molecule has 0 aliphatic carbocycles. The Morgan fingerprint density at radius 1 is 1.35 bits per heavy atom. The summed E-state index contributed by atoms with van der Waals surface area (Å²) in [6.07, 6.45) is 0.118. The van der Waals surface area contributed by atoms with Crippen LogP contribution in [0.4, 0.5) is 0 Å². The lowest BCUT2D eigenvalue weighted by Crippen LogP contribution is -2.30. The predicted octanol–water partition coefficient (Wildman–Crippen LogP) is 1.23. The number of aliphatic carboxylic acids is 1. The molecule has 0 saturated carbocycles. The summed E-state index contributed by atoms with van der Waals surface area (Å²) in [7, 11) is 0. The van der Waals surface area contributed by atoms with E-state index >= 15 is 0 Å². The van der Waals surface area contributed by atoms with Crippen molar-refractivity contribution in [1.29, 1.82) is 0 Å². The number of benzene rings is 1. The van der Waals surface area contributed by atoms with Crippen molar-refractivity contribution in [2.45, 2.75) is 13.3 Å². The minimum Gasteiger partial charge on any atom is -0.481 e. The van der Waals surface area contributed by atoms with E-state index in [4.69, 9.17) is 9.84 Å². The van der Waals surface area contributed by atoms with E-state index in [9.17, 15) is 4.79 Å². The van der Waals surface area contributed by atoms with Gasteiger partial charge in [-0.25, -0.2) is 0 Å². The zero-order valence-electron chi connectivity index (χ0n) is 10.1. The summed E-state index contributed by atoms with van der Waals surface area (Å²) < 4.78 is 5.01. The van der Waals surface area contributed by atoms with Crippen LogP contribution in [0.3, 0.4) is 0 Å². The molecule has 1 fully saturated rings. The number of hydrogen-bond donors (Lipinski definition) is 2. The number of hydrogen-bond acceptors (Lipinski definition) is 3. The van der Waals surface area contributed by atoms with Crippen LogP contribution >= 0.6 is 0 Å². The van der Waals surface area contributed by atoms with Gasteiger partial charge in [0, 0.05) is 13.1 Å². The van der Waals surface area contributed by atoms with Gasteiger partial charge in [0.2, 0.25) is 0 Å². The van der Waals surface area contributed by atoms with Gasteiger partial charge in [0.15, 0.2) is 0 Å². The number of aryl methyl sites for hydroxylation is 1. The number of morpholine rings is 1. The van der Waals surface area contributed by atoms with Crippen LogP contribution in [-0.4, -0.2) is 37.4 Å². The van der Waals surface area contributed by atoms with Crippen LogP contribution in [0.2, 0.25) is 0 Å². The highest BCUT2D eigenvalue weighted by Crippen LogP contribution is 2.06. The second-order valence-corrected chi connectivity index (χ2v) is 3.86. The van der Waals surface area contributed by atoms with E-state index in [0.29, 0.717) is 0 Å². The molecule has 94 valence electrons. The summed E-state index contributed by atoms with van der Waals surface area (Å²) in [6.45, 7) is 5.75. The first kappa shape index (κ1) is 13.7. The highest BCUT2D eigenvalue weighted by atomic mass is 16.5. The average molecular weight is 237 g/mol. The van der Waals surface area contributed by atoms with Gasteiger partial charge in [-0.05, 0) is 18.1 Å². The molecule has 4 heteroatoms. The van der Waals surface area contributed by atoms with Gasteiger partial charge in [-0.1, -0.05) is 24.3 Å². The maximum Gasteiger partial charge on any atom is 0.307 e. The second-order valence-electron chi connectivity index (χ2n) is 3.86. The lowest BCUT2D eigenvalue weighted by molar-refractivity contribution is -0.136. The topological polar surface area (TPSA) is 58.6 Å². The molecule has 17 heavy (non-hydrogen) atoms. The molecule has 0 spiro atoms. The van der Waals surface area contributed by atoms with Gasteiger partial charge in [0.05, 0.1) is 19.6 Å². The standard InChI is InChI=1S/C9H10O2.C4H9NO/c1-7-4-2-3-5-8(7)6-9(10)11;1-3-6-4-2-5-1/h2-5H,6H2,1H3,(H,10,11);5H,1-4H2. The van der Waals surface area contributed by atoms with Crippen molar-refractivity contribution in [3.05, 3.63) is 35.4 Å². The average Bonchev–Trinajstić information content (AvgIpc) is 2.35. The molecule has 1 saturated heterocycles. The van der Waals surface area contributed by atoms with E-state index < -0.39 is 5.97 Å². The number of carbonyl (C=O) groups is 1. The molecule has 1 aliphatic rings. The number of carboxylic acids is 1. The number of ether oxygens (including phenoxy) is 1. The molecule has 4 nitrogen and oxygen atoms in total. The van der Waals surface area contributed by atoms with Gasteiger partial charge < -0.3 is 15.2 Å². The molecule has 0 amide bonds. The Morgan fingerprint density at radius 3 is 2.41 bits per heavy atom. The Labute approximate surface area is 102 Å². The van der Waals surface area contributed by atoms with Crippen molar-refractivity contribution in [3.8, 4) is 0 Å². The molecule has 1 heterocycles. The molecule has 0 radical (unpaired) electrons. The second kappa shape index (κ2) is 7.81.